The molecule has 1 N–H and O–H groups in total. The lowest BCUT2D eigenvalue weighted by atomic mass is 10.1. The Balaban J connectivity index is 2.85. The lowest BCUT2D eigenvalue weighted by molar-refractivity contribution is -0.112. The van der Waals surface area contributed by atoms with Crippen molar-refractivity contribution in [3.05, 3.63) is 47.6 Å². The number of allylic oxidation sites excluding steroid dienone is 1. The first-order chi connectivity index (χ1) is 8.56. The van der Waals surface area contributed by atoms with Crippen LogP contribution in [0.5, 0.6) is 0 Å². The fourth-order valence-electron chi connectivity index (χ4n) is 1.16. The molecule has 0 aliphatic carbocycles. The summed E-state index contributed by atoms with van der Waals surface area (Å²) in [7, 11) is 0. The van der Waals surface area contributed by atoms with Gasteiger partial charge in [0.1, 0.15) is 17.7 Å². The summed E-state index contributed by atoms with van der Waals surface area (Å²) >= 11 is 0. The highest BCUT2D eigenvalue weighted by atomic mass is 16.1. The van der Waals surface area contributed by atoms with Gasteiger partial charge in [-0.15, -0.1) is 0 Å². The summed E-state index contributed by atoms with van der Waals surface area (Å²) in [5.41, 5.74) is 1.82. The Hall–Kier alpha value is -2.85. The van der Waals surface area contributed by atoms with E-state index >= 15 is 0 Å². The van der Waals surface area contributed by atoms with E-state index in [1.54, 1.807) is 43.3 Å². The van der Waals surface area contributed by atoms with Crippen molar-refractivity contribution < 1.29 is 4.79 Å². The maximum absolute atomic E-state index is 11.4. The molecular formula is C14H11N3O. The summed E-state index contributed by atoms with van der Waals surface area (Å²) in [4.78, 5) is 11.4. The Morgan fingerprint density at radius 1 is 1.28 bits per heavy atom. The van der Waals surface area contributed by atoms with E-state index in [4.69, 9.17) is 10.5 Å². The predicted molar refractivity (Wildman–Crippen MR) is 69.1 cm³/mol. The summed E-state index contributed by atoms with van der Waals surface area (Å²) in [6, 6.07) is 10.4. The molecule has 0 aliphatic heterocycles. The molecule has 0 saturated heterocycles. The number of carbonyl (C=O) groups is 1. The van der Waals surface area contributed by atoms with Crippen molar-refractivity contribution in [2.75, 3.05) is 5.32 Å². The second-order valence-corrected chi connectivity index (χ2v) is 3.64. The molecule has 0 aliphatic rings. The second-order valence-electron chi connectivity index (χ2n) is 3.64. The number of nitriles is 2. The molecule has 18 heavy (non-hydrogen) atoms. The highest BCUT2D eigenvalue weighted by Crippen LogP contribution is 2.13. The van der Waals surface area contributed by atoms with Crippen LogP contribution in [-0.2, 0) is 4.79 Å². The predicted octanol–water partition coefficient (Wildman–Crippen LogP) is 2.63. The number of anilines is 1. The third kappa shape index (κ3) is 3.62. The van der Waals surface area contributed by atoms with Crippen LogP contribution in [0.4, 0.5) is 5.69 Å². The zero-order valence-electron chi connectivity index (χ0n) is 9.90. The highest BCUT2D eigenvalue weighted by Gasteiger charge is 2.02. The van der Waals surface area contributed by atoms with Gasteiger partial charge in [0.25, 0.3) is 5.91 Å². The molecule has 0 spiro atoms. The van der Waals surface area contributed by atoms with Crippen LogP contribution in [0.1, 0.15) is 12.5 Å². The van der Waals surface area contributed by atoms with Crippen LogP contribution in [0, 0.1) is 22.7 Å². The third-order valence-corrected chi connectivity index (χ3v) is 2.11. The van der Waals surface area contributed by atoms with Gasteiger partial charge in [-0.3, -0.25) is 4.79 Å². The molecule has 4 heteroatoms. The molecule has 0 aromatic heterocycles. The van der Waals surface area contributed by atoms with E-state index in [1.807, 2.05) is 0 Å². The van der Waals surface area contributed by atoms with Gasteiger partial charge < -0.3 is 5.32 Å². The lowest BCUT2D eigenvalue weighted by Gasteiger charge is -2.04. The maximum Gasteiger partial charge on any atom is 0.250 e. The van der Waals surface area contributed by atoms with Gasteiger partial charge >= 0.3 is 0 Å². The van der Waals surface area contributed by atoms with Crippen molar-refractivity contribution in [2.24, 2.45) is 0 Å². The van der Waals surface area contributed by atoms with E-state index in [0.717, 1.165) is 5.56 Å². The number of hydrogen-bond donors (Lipinski definition) is 1. The monoisotopic (exact) mass is 237 g/mol. The molecule has 1 aromatic carbocycles. The Kier molecular flexibility index (Phi) is 4.42. The Morgan fingerprint density at radius 2 is 1.83 bits per heavy atom. The molecular weight excluding hydrogens is 226 g/mol. The molecule has 0 atom stereocenters. The standard InChI is InChI=1S/C14H11N3O/c1-10(2)14(18)17-13-5-3-11(4-6-13)7-12(8-15)9-16/h3-7H,1H2,2H3,(H,17,18). The molecule has 1 rings (SSSR count). The number of hydrogen-bond acceptors (Lipinski definition) is 3. The SMILES string of the molecule is C=C(C)C(=O)Nc1ccc(C=C(C#N)C#N)cc1. The summed E-state index contributed by atoms with van der Waals surface area (Å²) in [5.74, 6) is -0.243. The molecule has 1 aromatic rings. The number of nitrogens with zero attached hydrogens (tertiary/aromatic N) is 2. The van der Waals surface area contributed by atoms with E-state index in [2.05, 4.69) is 11.9 Å². The highest BCUT2D eigenvalue weighted by molar-refractivity contribution is 6.02. The number of rotatable bonds is 3. The average molecular weight is 237 g/mol. The molecule has 0 bridgehead atoms. The van der Waals surface area contributed by atoms with Crippen molar-refractivity contribution in [3.8, 4) is 12.1 Å². The topological polar surface area (TPSA) is 76.7 Å². The first-order valence-electron chi connectivity index (χ1n) is 5.15. The van der Waals surface area contributed by atoms with Gasteiger partial charge in [0, 0.05) is 11.3 Å². The summed E-state index contributed by atoms with van der Waals surface area (Å²) in [5, 5.41) is 19.9. The third-order valence-electron chi connectivity index (χ3n) is 2.11. The van der Waals surface area contributed by atoms with Gasteiger partial charge in [0.2, 0.25) is 0 Å². The van der Waals surface area contributed by atoms with Crippen LogP contribution in [0.2, 0.25) is 0 Å². The van der Waals surface area contributed by atoms with Gasteiger partial charge in [-0.1, -0.05) is 18.7 Å². The zero-order valence-corrected chi connectivity index (χ0v) is 9.90. The summed E-state index contributed by atoms with van der Waals surface area (Å²) < 4.78 is 0. The fraction of sp³-hybridized carbons (Fsp3) is 0.0714. The Labute approximate surface area is 105 Å². The fourth-order valence-corrected chi connectivity index (χ4v) is 1.16. The van der Waals surface area contributed by atoms with E-state index in [1.165, 1.54) is 6.08 Å². The van der Waals surface area contributed by atoms with Crippen LogP contribution >= 0.6 is 0 Å². The first-order valence-corrected chi connectivity index (χ1v) is 5.15. The number of nitrogens with one attached hydrogen (secondary N) is 1. The van der Waals surface area contributed by atoms with Gasteiger partial charge in [-0.05, 0) is 30.7 Å². The molecule has 0 heterocycles. The summed E-state index contributed by atoms with van der Waals surface area (Å²) in [6.45, 7) is 5.16. The van der Waals surface area contributed by atoms with E-state index in [0.29, 0.717) is 11.3 Å². The quantitative estimate of drug-likeness (QED) is 0.648. The minimum absolute atomic E-state index is 0.0359. The van der Waals surface area contributed by atoms with E-state index < -0.39 is 0 Å². The van der Waals surface area contributed by atoms with Crippen LogP contribution < -0.4 is 5.32 Å². The van der Waals surface area contributed by atoms with Crippen molar-refractivity contribution >= 4 is 17.7 Å². The van der Waals surface area contributed by atoms with Crippen LogP contribution in [-0.4, -0.2) is 5.91 Å². The zero-order chi connectivity index (χ0) is 13.5. The minimum atomic E-state index is -0.243. The molecule has 0 unspecified atom stereocenters. The first kappa shape index (κ1) is 13.2. The number of benzene rings is 1. The van der Waals surface area contributed by atoms with Crippen LogP contribution in [0.25, 0.3) is 6.08 Å². The smallest absolute Gasteiger partial charge is 0.250 e. The van der Waals surface area contributed by atoms with E-state index in [-0.39, 0.29) is 11.5 Å². The average Bonchev–Trinajstić information content (AvgIpc) is 2.37. The maximum atomic E-state index is 11.4. The van der Waals surface area contributed by atoms with Crippen molar-refractivity contribution in [1.82, 2.24) is 0 Å². The van der Waals surface area contributed by atoms with Crippen LogP contribution in [0.3, 0.4) is 0 Å². The molecule has 0 fully saturated rings. The van der Waals surface area contributed by atoms with Gasteiger partial charge in [-0.2, -0.15) is 10.5 Å². The number of amides is 1. The molecule has 4 nitrogen and oxygen atoms in total. The normalized spacial score (nSPS) is 8.61. The van der Waals surface area contributed by atoms with Gasteiger partial charge in [0.05, 0.1) is 0 Å². The minimum Gasteiger partial charge on any atom is -0.322 e. The van der Waals surface area contributed by atoms with E-state index in [9.17, 15) is 4.79 Å². The van der Waals surface area contributed by atoms with Crippen molar-refractivity contribution in [3.63, 3.8) is 0 Å². The Morgan fingerprint density at radius 3 is 2.28 bits per heavy atom. The number of carbonyl (C=O) groups excluding carboxylic acids is 1. The van der Waals surface area contributed by atoms with Crippen molar-refractivity contribution in [2.45, 2.75) is 6.92 Å². The van der Waals surface area contributed by atoms with Crippen molar-refractivity contribution in [1.29, 1.82) is 10.5 Å². The molecule has 88 valence electrons. The molecule has 0 radical (unpaired) electrons. The van der Waals surface area contributed by atoms with Gasteiger partial charge in [-0.25, -0.2) is 0 Å². The largest absolute Gasteiger partial charge is 0.322 e. The summed E-state index contributed by atoms with van der Waals surface area (Å²) in [6.07, 6.45) is 1.48. The van der Waals surface area contributed by atoms with Crippen LogP contribution in [0.15, 0.2) is 42.0 Å². The molecule has 0 saturated carbocycles. The lowest BCUT2D eigenvalue weighted by Crippen LogP contribution is -2.11. The second kappa shape index (κ2) is 6.03. The molecule has 1 amide bonds. The Bertz CT molecular complexity index is 567. The van der Waals surface area contributed by atoms with Gasteiger partial charge in [0.15, 0.2) is 0 Å².